The highest BCUT2D eigenvalue weighted by Crippen LogP contribution is 2.39. The Morgan fingerprint density at radius 3 is 0.911 bits per heavy atom. The monoisotopic (exact) mass is 677 g/mol. The Morgan fingerprint density at radius 1 is 0.467 bits per heavy atom. The summed E-state index contributed by atoms with van der Waals surface area (Å²) in [7, 11) is -5.22. The van der Waals surface area contributed by atoms with E-state index in [4.69, 9.17) is 13.3 Å². The summed E-state index contributed by atoms with van der Waals surface area (Å²) in [6.07, 6.45) is 0. The maximum absolute atomic E-state index is 6.90. The third kappa shape index (κ3) is 16.6. The summed E-state index contributed by atoms with van der Waals surface area (Å²) in [5.41, 5.74) is 1.24. The molecule has 0 aliphatic rings. The van der Waals surface area contributed by atoms with Crippen molar-refractivity contribution in [3.63, 3.8) is 0 Å². The molecule has 0 amide bonds. The topological polar surface area (TPSA) is 27.7 Å². The first-order chi connectivity index (χ1) is 19.5. The molecule has 0 saturated heterocycles. The summed E-state index contributed by atoms with van der Waals surface area (Å²) in [6.45, 7) is 44.3. The molecular weight excluding hydrogens is 601 g/mol. The molecule has 0 N–H and O–H groups in total. The lowest BCUT2D eigenvalue weighted by Crippen LogP contribution is -2.68. The molecule has 0 unspecified atom stereocenters. The fourth-order valence-electron chi connectivity index (χ4n) is 5.59. The summed E-state index contributed by atoms with van der Waals surface area (Å²) >= 11 is 0. The Bertz CT molecular complexity index is 1000. The fraction of sp³-hybridized carbons (Fsp3) is 0.692. The molecule has 262 valence electrons. The van der Waals surface area contributed by atoms with Gasteiger partial charge in [0, 0.05) is 16.8 Å². The van der Waals surface area contributed by atoms with E-state index < -0.39 is 25.0 Å². The van der Waals surface area contributed by atoms with E-state index in [-0.39, 0.29) is 29.3 Å². The minimum absolute atomic E-state index is 0. The van der Waals surface area contributed by atoms with Gasteiger partial charge in [-0.1, -0.05) is 117 Å². The van der Waals surface area contributed by atoms with E-state index in [2.05, 4.69) is 198 Å². The van der Waals surface area contributed by atoms with Gasteiger partial charge in [0.25, 0.3) is 8.32 Å². The van der Waals surface area contributed by atoms with Crippen LogP contribution in [0, 0.1) is 0 Å². The Labute approximate surface area is 285 Å². The van der Waals surface area contributed by atoms with Gasteiger partial charge in [0.15, 0.2) is 16.6 Å². The molecule has 0 heterocycles. The van der Waals surface area contributed by atoms with E-state index in [1.54, 1.807) is 0 Å². The predicted molar refractivity (Wildman–Crippen MR) is 212 cm³/mol. The molecule has 0 aromatic heterocycles. The van der Waals surface area contributed by atoms with Gasteiger partial charge >= 0.3 is 0 Å². The van der Waals surface area contributed by atoms with E-state index in [9.17, 15) is 0 Å². The van der Waals surface area contributed by atoms with Crippen molar-refractivity contribution in [1.29, 1.82) is 0 Å². The highest BCUT2D eigenvalue weighted by atomic mass is 28.4. The molecule has 2 aromatic carbocycles. The molecule has 0 bridgehead atoms. The van der Waals surface area contributed by atoms with Crippen LogP contribution in [0.5, 0.6) is 0 Å². The molecule has 0 atom stereocenters. The summed E-state index contributed by atoms with van der Waals surface area (Å²) in [4.78, 5) is 0. The van der Waals surface area contributed by atoms with Crippen molar-refractivity contribution in [2.75, 3.05) is 0 Å². The largest absolute Gasteiger partial charge is 0.413 e. The van der Waals surface area contributed by atoms with Crippen LogP contribution in [0.3, 0.4) is 0 Å². The van der Waals surface area contributed by atoms with E-state index in [1.807, 2.05) is 0 Å². The number of benzene rings is 2. The van der Waals surface area contributed by atoms with Crippen LogP contribution in [-0.4, -0.2) is 41.8 Å². The first kappa shape index (κ1) is 46.1. The fourth-order valence-corrected chi connectivity index (χ4v) is 15.4. The van der Waals surface area contributed by atoms with Gasteiger partial charge in [-0.15, -0.1) is 0 Å². The van der Waals surface area contributed by atoms with Gasteiger partial charge in [-0.3, -0.25) is 0 Å². The zero-order valence-corrected chi connectivity index (χ0v) is 35.7. The number of hydrogen-bond donors (Lipinski definition) is 0. The average Bonchev–Trinajstić information content (AvgIpc) is 2.79. The molecule has 0 aliphatic carbocycles. The van der Waals surface area contributed by atoms with Crippen LogP contribution in [0.2, 0.25) is 42.3 Å². The van der Waals surface area contributed by atoms with Crippen molar-refractivity contribution in [2.45, 2.75) is 177 Å². The van der Waals surface area contributed by atoms with Gasteiger partial charge in [0.05, 0.1) is 0 Å². The predicted octanol–water partition coefficient (Wildman–Crippen LogP) is 11.8. The first-order valence-corrected chi connectivity index (χ1v) is 24.6. The van der Waals surface area contributed by atoms with Crippen molar-refractivity contribution < 1.29 is 13.3 Å². The van der Waals surface area contributed by atoms with Gasteiger partial charge in [0.1, 0.15) is 0 Å². The smallest absolute Gasteiger partial charge is 0.261 e. The normalized spacial score (nSPS) is 13.4. The maximum atomic E-state index is 6.90. The molecule has 0 fully saturated rings. The molecule has 3 nitrogen and oxygen atoms in total. The summed E-state index contributed by atoms with van der Waals surface area (Å²) in [5.74, 6) is 0. The van der Waals surface area contributed by atoms with Crippen molar-refractivity contribution in [3.05, 3.63) is 60.7 Å². The molecule has 2 rings (SSSR count). The van der Waals surface area contributed by atoms with Gasteiger partial charge in [0.2, 0.25) is 0 Å². The quantitative estimate of drug-likeness (QED) is 0.273. The van der Waals surface area contributed by atoms with Crippen LogP contribution in [0.25, 0.3) is 0 Å². The minimum Gasteiger partial charge on any atom is -0.413 e. The third-order valence-electron chi connectivity index (χ3n) is 7.31. The van der Waals surface area contributed by atoms with E-state index >= 15 is 0 Å². The van der Waals surface area contributed by atoms with Crippen LogP contribution in [-0.2, 0) is 13.3 Å². The van der Waals surface area contributed by atoms with Crippen LogP contribution >= 0.6 is 0 Å². The average molecular weight is 677 g/mol. The van der Waals surface area contributed by atoms with E-state index in [0.29, 0.717) is 11.1 Å². The van der Waals surface area contributed by atoms with Crippen LogP contribution < -0.4 is 10.4 Å². The zero-order chi connectivity index (χ0) is 35.0. The van der Waals surface area contributed by atoms with Crippen LogP contribution in [0.1, 0.15) is 118 Å². The Balaban J connectivity index is 0. The second-order valence-corrected chi connectivity index (χ2v) is 31.4. The van der Waals surface area contributed by atoms with Gasteiger partial charge in [-0.05, 0) is 115 Å². The SMILES string of the molecule is C.CC(C)(C)O[Si](C)(C)C.CC(C)(C)O[Si](c1ccccc1)(c1ccccc1)C(C)(C)C.CC(C)[Si](C)(OC(C)(C)C)C(C)C. The van der Waals surface area contributed by atoms with Gasteiger partial charge < -0.3 is 13.3 Å². The summed E-state index contributed by atoms with van der Waals surface area (Å²) in [5, 5.41) is 2.72. The molecule has 0 radical (unpaired) electrons. The molecule has 0 spiro atoms. The number of hydrogen-bond acceptors (Lipinski definition) is 3. The van der Waals surface area contributed by atoms with Gasteiger partial charge in [-0.2, -0.15) is 0 Å². The third-order valence-corrected chi connectivity index (χ3v) is 19.5. The lowest BCUT2D eigenvalue weighted by atomic mass is 10.2. The summed E-state index contributed by atoms with van der Waals surface area (Å²) < 4.78 is 19.0. The molecule has 0 saturated carbocycles. The molecular formula is C39H76O3Si3. The second-order valence-electron chi connectivity index (χ2n) is 17.9. The number of rotatable bonds is 7. The van der Waals surface area contributed by atoms with E-state index in [1.165, 1.54) is 10.4 Å². The van der Waals surface area contributed by atoms with Gasteiger partial charge in [-0.25, -0.2) is 0 Å². The maximum Gasteiger partial charge on any atom is 0.261 e. The van der Waals surface area contributed by atoms with Crippen molar-refractivity contribution >= 4 is 35.3 Å². The highest BCUT2D eigenvalue weighted by molar-refractivity contribution is 6.99. The molecule has 45 heavy (non-hydrogen) atoms. The standard InChI is InChI=1S/C20H28OSi.C11H26OSi.C7H18OSi.CH4/c1-19(2,3)21-22(20(4,5)6,17-13-9-7-10-14-17)18-15-11-8-12-16-18;1-9(2)13(8,10(3)4)12-11(5,6)7;1-7(2,3)8-9(4,5)6;/h7-16H,1-6H3;9-10H,1-8H3;1-6H3;1H4. The Morgan fingerprint density at radius 2 is 0.756 bits per heavy atom. The molecule has 0 aliphatic heterocycles. The lowest BCUT2D eigenvalue weighted by Gasteiger charge is -2.46. The van der Waals surface area contributed by atoms with Crippen molar-refractivity contribution in [2.24, 2.45) is 0 Å². The van der Waals surface area contributed by atoms with Crippen LogP contribution in [0.4, 0.5) is 0 Å². The summed E-state index contributed by atoms with van der Waals surface area (Å²) in [6, 6.07) is 21.6. The molecule has 2 aromatic rings. The lowest BCUT2D eigenvalue weighted by molar-refractivity contribution is 0.112. The van der Waals surface area contributed by atoms with Crippen molar-refractivity contribution in [1.82, 2.24) is 0 Å². The second kappa shape index (κ2) is 17.4. The van der Waals surface area contributed by atoms with Crippen LogP contribution in [0.15, 0.2) is 60.7 Å². The molecule has 6 heteroatoms. The van der Waals surface area contributed by atoms with E-state index in [0.717, 1.165) is 0 Å². The minimum atomic E-state index is -2.38. The Hall–Kier alpha value is -1.03. The Kier molecular flexibility index (Phi) is 17.8. The highest BCUT2D eigenvalue weighted by Gasteiger charge is 2.52. The zero-order valence-electron chi connectivity index (χ0n) is 32.7. The first-order valence-electron chi connectivity index (χ1n) is 16.7. The van der Waals surface area contributed by atoms with Crippen molar-refractivity contribution in [3.8, 4) is 0 Å².